The third kappa shape index (κ3) is 1.78. The van der Waals surface area contributed by atoms with Crippen molar-refractivity contribution in [2.24, 2.45) is 5.73 Å². The van der Waals surface area contributed by atoms with Gasteiger partial charge in [0.05, 0.1) is 5.56 Å². The van der Waals surface area contributed by atoms with Crippen molar-refractivity contribution in [3.05, 3.63) is 30.5 Å². The van der Waals surface area contributed by atoms with Crippen molar-refractivity contribution in [3.8, 4) is 11.4 Å². The lowest BCUT2D eigenvalue weighted by molar-refractivity contribution is 1.11. The summed E-state index contributed by atoms with van der Waals surface area (Å²) in [5, 5.41) is 7.27. The summed E-state index contributed by atoms with van der Waals surface area (Å²) in [7, 11) is 0. The van der Waals surface area contributed by atoms with Gasteiger partial charge in [-0.3, -0.25) is 5.41 Å². The molecule has 0 fully saturated rings. The van der Waals surface area contributed by atoms with Crippen molar-refractivity contribution in [2.45, 2.75) is 0 Å². The number of nitrogens with one attached hydrogen (secondary N) is 1. The van der Waals surface area contributed by atoms with Crippen LogP contribution in [0, 0.1) is 5.41 Å². The maximum Gasteiger partial charge on any atom is 0.165 e. The molecule has 80 valence electrons. The predicted molar refractivity (Wildman–Crippen MR) is 58.5 cm³/mol. The lowest BCUT2D eigenvalue weighted by Crippen LogP contribution is -2.14. The molecule has 0 saturated carbocycles. The van der Waals surface area contributed by atoms with Gasteiger partial charge in [-0.25, -0.2) is 19.9 Å². The SMILES string of the molecule is N=C(N)c1ccnc(-c2cncnc2N)n1. The molecule has 2 heterocycles. The lowest BCUT2D eigenvalue weighted by atomic mass is 10.2. The molecule has 7 heteroatoms. The van der Waals surface area contributed by atoms with E-state index >= 15 is 0 Å². The van der Waals surface area contributed by atoms with Gasteiger partial charge in [0.2, 0.25) is 0 Å². The topological polar surface area (TPSA) is 127 Å². The molecule has 2 rings (SSSR count). The first-order chi connectivity index (χ1) is 7.68. The summed E-state index contributed by atoms with van der Waals surface area (Å²) in [5.41, 5.74) is 11.9. The van der Waals surface area contributed by atoms with Crippen LogP contribution in [0.2, 0.25) is 0 Å². The molecule has 0 aromatic carbocycles. The number of hydrogen-bond donors (Lipinski definition) is 3. The van der Waals surface area contributed by atoms with E-state index in [9.17, 15) is 0 Å². The van der Waals surface area contributed by atoms with E-state index in [1.165, 1.54) is 18.7 Å². The van der Waals surface area contributed by atoms with Gasteiger partial charge in [-0.05, 0) is 6.07 Å². The Balaban J connectivity index is 2.53. The molecule has 0 unspecified atom stereocenters. The van der Waals surface area contributed by atoms with Crippen LogP contribution in [-0.4, -0.2) is 25.8 Å². The van der Waals surface area contributed by atoms with Crippen molar-refractivity contribution in [3.63, 3.8) is 0 Å². The fourth-order valence-electron chi connectivity index (χ4n) is 1.15. The van der Waals surface area contributed by atoms with E-state index in [0.29, 0.717) is 17.1 Å². The van der Waals surface area contributed by atoms with E-state index in [4.69, 9.17) is 16.9 Å². The Morgan fingerprint density at radius 3 is 2.81 bits per heavy atom. The van der Waals surface area contributed by atoms with E-state index in [2.05, 4.69) is 19.9 Å². The van der Waals surface area contributed by atoms with Gasteiger partial charge in [0, 0.05) is 12.4 Å². The van der Waals surface area contributed by atoms with Gasteiger partial charge in [-0.1, -0.05) is 0 Å². The fraction of sp³-hybridized carbons (Fsp3) is 0. The summed E-state index contributed by atoms with van der Waals surface area (Å²) in [4.78, 5) is 15.8. The molecule has 0 aliphatic rings. The average molecular weight is 215 g/mol. The zero-order valence-electron chi connectivity index (χ0n) is 8.25. The van der Waals surface area contributed by atoms with Crippen LogP contribution in [-0.2, 0) is 0 Å². The highest BCUT2D eigenvalue weighted by Crippen LogP contribution is 2.18. The highest BCUT2D eigenvalue weighted by molar-refractivity contribution is 5.93. The van der Waals surface area contributed by atoms with Crippen molar-refractivity contribution in [1.29, 1.82) is 5.41 Å². The Morgan fingerprint density at radius 2 is 2.12 bits per heavy atom. The molecule has 16 heavy (non-hydrogen) atoms. The van der Waals surface area contributed by atoms with Gasteiger partial charge < -0.3 is 11.5 Å². The molecule has 0 aliphatic heterocycles. The van der Waals surface area contributed by atoms with Gasteiger partial charge in [0.25, 0.3) is 0 Å². The van der Waals surface area contributed by atoms with Crippen LogP contribution in [0.3, 0.4) is 0 Å². The number of amidine groups is 1. The van der Waals surface area contributed by atoms with Crippen LogP contribution >= 0.6 is 0 Å². The second-order valence-electron chi connectivity index (χ2n) is 3.00. The van der Waals surface area contributed by atoms with Gasteiger partial charge in [-0.2, -0.15) is 0 Å². The molecular weight excluding hydrogens is 206 g/mol. The zero-order valence-corrected chi connectivity index (χ0v) is 8.25. The maximum atomic E-state index is 7.27. The van der Waals surface area contributed by atoms with Crippen LogP contribution in [0.15, 0.2) is 24.8 Å². The quantitative estimate of drug-likeness (QED) is 0.470. The molecular formula is C9H9N7. The minimum atomic E-state index is -0.126. The third-order valence-corrected chi connectivity index (χ3v) is 1.92. The van der Waals surface area contributed by atoms with Crippen LogP contribution < -0.4 is 11.5 Å². The Labute approximate surface area is 91.1 Å². The molecule has 0 amide bonds. The molecule has 0 atom stereocenters. The molecule has 0 saturated heterocycles. The summed E-state index contributed by atoms with van der Waals surface area (Å²) in [5.74, 6) is 0.514. The fourth-order valence-corrected chi connectivity index (χ4v) is 1.15. The standard InChI is InChI=1S/C9H9N7/c10-7(11)6-1-2-14-9(16-6)5-3-13-4-15-8(5)12/h1-4H,(H3,10,11)(H2,12,13,15). The summed E-state index contributed by atoms with van der Waals surface area (Å²) in [6, 6.07) is 1.55. The number of aromatic nitrogens is 4. The minimum Gasteiger partial charge on any atom is -0.383 e. The lowest BCUT2D eigenvalue weighted by Gasteiger charge is -2.03. The highest BCUT2D eigenvalue weighted by atomic mass is 15.0. The maximum absolute atomic E-state index is 7.27. The van der Waals surface area contributed by atoms with E-state index < -0.39 is 0 Å². The molecule has 0 aliphatic carbocycles. The average Bonchev–Trinajstić information content (AvgIpc) is 2.30. The monoisotopic (exact) mass is 215 g/mol. The van der Waals surface area contributed by atoms with Crippen LogP contribution in [0.4, 0.5) is 5.82 Å². The van der Waals surface area contributed by atoms with Crippen LogP contribution in [0.25, 0.3) is 11.4 Å². The van der Waals surface area contributed by atoms with E-state index in [1.807, 2.05) is 0 Å². The van der Waals surface area contributed by atoms with Gasteiger partial charge in [0.1, 0.15) is 23.7 Å². The Bertz CT molecular complexity index is 537. The Morgan fingerprint density at radius 1 is 1.31 bits per heavy atom. The second-order valence-corrected chi connectivity index (χ2v) is 3.00. The van der Waals surface area contributed by atoms with E-state index in [-0.39, 0.29) is 11.7 Å². The number of rotatable bonds is 2. The molecule has 2 aromatic rings. The molecule has 0 radical (unpaired) electrons. The number of hydrogen-bond acceptors (Lipinski definition) is 6. The second kappa shape index (κ2) is 3.89. The van der Waals surface area contributed by atoms with Crippen molar-refractivity contribution < 1.29 is 0 Å². The molecule has 0 bridgehead atoms. The van der Waals surface area contributed by atoms with Gasteiger partial charge in [-0.15, -0.1) is 0 Å². The normalized spacial score (nSPS) is 10.0. The van der Waals surface area contributed by atoms with Crippen LogP contribution in [0.1, 0.15) is 5.69 Å². The predicted octanol–water partition coefficient (Wildman–Crippen LogP) is -0.200. The Hall–Kier alpha value is -2.57. The van der Waals surface area contributed by atoms with Crippen molar-refractivity contribution >= 4 is 11.7 Å². The molecule has 5 N–H and O–H groups in total. The molecule has 7 nitrogen and oxygen atoms in total. The third-order valence-electron chi connectivity index (χ3n) is 1.92. The first-order valence-corrected chi connectivity index (χ1v) is 4.42. The van der Waals surface area contributed by atoms with Crippen molar-refractivity contribution in [1.82, 2.24) is 19.9 Å². The Kier molecular flexibility index (Phi) is 2.42. The van der Waals surface area contributed by atoms with Crippen LogP contribution in [0.5, 0.6) is 0 Å². The number of nitrogens with two attached hydrogens (primary N) is 2. The largest absolute Gasteiger partial charge is 0.383 e. The van der Waals surface area contributed by atoms with Crippen molar-refractivity contribution in [2.75, 3.05) is 5.73 Å². The number of nitrogen functional groups attached to an aromatic ring is 2. The number of anilines is 1. The summed E-state index contributed by atoms with van der Waals surface area (Å²) < 4.78 is 0. The highest BCUT2D eigenvalue weighted by Gasteiger charge is 2.08. The van der Waals surface area contributed by atoms with E-state index in [1.54, 1.807) is 6.07 Å². The van der Waals surface area contributed by atoms with Gasteiger partial charge in [0.15, 0.2) is 5.82 Å². The first-order valence-electron chi connectivity index (χ1n) is 4.42. The minimum absolute atomic E-state index is 0.126. The summed E-state index contributed by atoms with van der Waals surface area (Å²) in [6.45, 7) is 0. The molecule has 0 spiro atoms. The zero-order chi connectivity index (χ0) is 11.5. The van der Waals surface area contributed by atoms with Gasteiger partial charge >= 0.3 is 0 Å². The van der Waals surface area contributed by atoms with E-state index in [0.717, 1.165) is 0 Å². The summed E-state index contributed by atoms with van der Waals surface area (Å²) in [6.07, 6.45) is 4.36. The first kappa shape index (κ1) is 9.97. The number of nitrogens with zero attached hydrogens (tertiary/aromatic N) is 4. The molecule has 2 aromatic heterocycles. The summed E-state index contributed by atoms with van der Waals surface area (Å²) >= 11 is 0. The smallest absolute Gasteiger partial charge is 0.165 e.